The summed E-state index contributed by atoms with van der Waals surface area (Å²) in [6.45, 7) is 1.92. The minimum atomic E-state index is 0.0296. The number of rotatable bonds is 2. The Bertz CT molecular complexity index is 520. The minimum absolute atomic E-state index is 0.0296. The number of carbonyl (C=O) groups is 1. The molecule has 0 bridgehead atoms. The van der Waals surface area contributed by atoms with Gasteiger partial charge in [-0.15, -0.1) is 0 Å². The molecule has 0 saturated carbocycles. The molecule has 2 rings (SSSR count). The first-order valence-electron chi connectivity index (χ1n) is 4.89. The molecule has 0 amide bonds. The second-order valence-electron chi connectivity index (χ2n) is 3.53. The van der Waals surface area contributed by atoms with Crippen molar-refractivity contribution in [1.29, 1.82) is 0 Å². The van der Waals surface area contributed by atoms with Gasteiger partial charge in [0.05, 0.1) is 0 Å². The van der Waals surface area contributed by atoms with E-state index >= 15 is 0 Å². The normalized spacial score (nSPS) is 10.1. The Morgan fingerprint density at radius 2 is 1.88 bits per heavy atom. The maximum absolute atomic E-state index is 12.1. The number of nitrogens with zero attached hydrogens (tertiary/aromatic N) is 1. The lowest BCUT2D eigenvalue weighted by atomic mass is 10.0. The molecule has 3 heteroatoms. The summed E-state index contributed by atoms with van der Waals surface area (Å²) in [6, 6.07) is 9.39. The third-order valence-corrected chi connectivity index (χ3v) is 3.11. The van der Waals surface area contributed by atoms with Crippen molar-refractivity contribution < 1.29 is 4.79 Å². The lowest BCUT2D eigenvalue weighted by molar-refractivity contribution is 0.103. The van der Waals surface area contributed by atoms with Crippen molar-refractivity contribution in [2.45, 2.75) is 6.92 Å². The Kier molecular flexibility index (Phi) is 3.33. The van der Waals surface area contributed by atoms with Gasteiger partial charge < -0.3 is 0 Å². The molecule has 80 valence electrons. The highest BCUT2D eigenvalue weighted by Gasteiger charge is 2.11. The van der Waals surface area contributed by atoms with Crippen molar-refractivity contribution in [1.82, 2.24) is 4.98 Å². The van der Waals surface area contributed by atoms with E-state index in [2.05, 4.69) is 27.6 Å². The summed E-state index contributed by atoms with van der Waals surface area (Å²) in [7, 11) is 0. The van der Waals surface area contributed by atoms with Crippen molar-refractivity contribution in [2.24, 2.45) is 0 Å². The fraction of sp³-hybridized carbons (Fsp3) is 0.0769. The van der Waals surface area contributed by atoms with Crippen LogP contribution in [0.3, 0.4) is 0 Å². The van der Waals surface area contributed by atoms with Gasteiger partial charge in [-0.05, 0) is 65.4 Å². The summed E-state index contributed by atoms with van der Waals surface area (Å²) in [4.78, 5) is 16.1. The number of carbonyl (C=O) groups excluding carboxylic acids is 1. The smallest absolute Gasteiger partial charge is 0.194 e. The molecule has 0 fully saturated rings. The fourth-order valence-corrected chi connectivity index (χ4v) is 1.82. The van der Waals surface area contributed by atoms with Crippen LogP contribution in [0.1, 0.15) is 21.5 Å². The zero-order valence-electron chi connectivity index (χ0n) is 8.77. The molecular weight excluding hydrogens is 313 g/mol. The molecule has 2 nitrogen and oxygen atoms in total. The first kappa shape index (κ1) is 11.3. The quantitative estimate of drug-likeness (QED) is 0.627. The molecule has 0 aliphatic rings. The Labute approximate surface area is 108 Å². The van der Waals surface area contributed by atoms with Crippen LogP contribution in [0.25, 0.3) is 0 Å². The lowest BCUT2D eigenvalue weighted by Crippen LogP contribution is -2.04. The predicted molar refractivity (Wildman–Crippen MR) is 71.6 cm³/mol. The highest BCUT2D eigenvalue weighted by atomic mass is 127. The molecule has 16 heavy (non-hydrogen) atoms. The van der Waals surface area contributed by atoms with E-state index in [1.165, 1.54) is 0 Å². The molecule has 0 saturated heterocycles. The van der Waals surface area contributed by atoms with E-state index in [9.17, 15) is 4.79 Å². The van der Waals surface area contributed by atoms with Crippen LogP contribution < -0.4 is 0 Å². The number of hydrogen-bond acceptors (Lipinski definition) is 2. The van der Waals surface area contributed by atoms with Crippen molar-refractivity contribution in [2.75, 3.05) is 0 Å². The van der Waals surface area contributed by atoms with Crippen molar-refractivity contribution >= 4 is 28.4 Å². The molecule has 2 aromatic rings. The Balaban J connectivity index is 2.40. The van der Waals surface area contributed by atoms with Crippen LogP contribution in [-0.4, -0.2) is 10.8 Å². The molecule has 0 atom stereocenters. The number of aryl methyl sites for hydroxylation is 1. The molecule has 0 radical (unpaired) electrons. The molecule has 0 aliphatic carbocycles. The zero-order valence-corrected chi connectivity index (χ0v) is 10.9. The van der Waals surface area contributed by atoms with Crippen LogP contribution >= 0.6 is 22.6 Å². The summed E-state index contributed by atoms with van der Waals surface area (Å²) < 4.78 is 1.12. The first-order chi connectivity index (χ1) is 7.68. The number of benzene rings is 1. The van der Waals surface area contributed by atoms with Gasteiger partial charge in [-0.2, -0.15) is 0 Å². The maximum atomic E-state index is 12.1. The Morgan fingerprint density at radius 3 is 2.50 bits per heavy atom. The van der Waals surface area contributed by atoms with Crippen LogP contribution in [0, 0.1) is 10.5 Å². The SMILES string of the molecule is Cc1ccncc1C(=O)c1ccc(I)cc1. The lowest BCUT2D eigenvalue weighted by Gasteiger charge is -2.03. The highest BCUT2D eigenvalue weighted by Crippen LogP contribution is 2.14. The molecule has 1 heterocycles. The monoisotopic (exact) mass is 323 g/mol. The van der Waals surface area contributed by atoms with Gasteiger partial charge in [0, 0.05) is 27.1 Å². The van der Waals surface area contributed by atoms with E-state index in [1.54, 1.807) is 12.4 Å². The van der Waals surface area contributed by atoms with E-state index in [0.29, 0.717) is 11.1 Å². The van der Waals surface area contributed by atoms with Crippen LogP contribution in [0.5, 0.6) is 0 Å². The standard InChI is InChI=1S/C13H10INO/c1-9-6-7-15-8-12(9)13(16)10-2-4-11(14)5-3-10/h2-8H,1H3. The summed E-state index contributed by atoms with van der Waals surface area (Å²) in [5, 5.41) is 0. The summed E-state index contributed by atoms with van der Waals surface area (Å²) in [6.07, 6.45) is 3.32. The molecular formula is C13H10INO. The van der Waals surface area contributed by atoms with Gasteiger partial charge in [0.15, 0.2) is 5.78 Å². The number of pyridine rings is 1. The second kappa shape index (κ2) is 4.74. The third-order valence-electron chi connectivity index (χ3n) is 2.39. The molecule has 0 aliphatic heterocycles. The van der Waals surface area contributed by atoms with Crippen molar-refractivity contribution in [3.8, 4) is 0 Å². The van der Waals surface area contributed by atoms with Crippen LogP contribution in [-0.2, 0) is 0 Å². The number of ketones is 1. The van der Waals surface area contributed by atoms with Crippen molar-refractivity contribution in [3.63, 3.8) is 0 Å². The molecule has 1 aromatic carbocycles. The number of aromatic nitrogens is 1. The van der Waals surface area contributed by atoms with E-state index in [4.69, 9.17) is 0 Å². The van der Waals surface area contributed by atoms with E-state index in [0.717, 1.165) is 9.13 Å². The number of halogens is 1. The molecule has 1 aromatic heterocycles. The Hall–Kier alpha value is -1.23. The van der Waals surface area contributed by atoms with E-state index in [1.807, 2.05) is 37.3 Å². The molecule has 0 spiro atoms. The minimum Gasteiger partial charge on any atom is -0.289 e. The summed E-state index contributed by atoms with van der Waals surface area (Å²) in [5.74, 6) is 0.0296. The first-order valence-corrected chi connectivity index (χ1v) is 5.97. The van der Waals surface area contributed by atoms with Crippen LogP contribution in [0.15, 0.2) is 42.7 Å². The van der Waals surface area contributed by atoms with Crippen molar-refractivity contribution in [3.05, 3.63) is 63.0 Å². The molecule has 0 N–H and O–H groups in total. The van der Waals surface area contributed by atoms with Gasteiger partial charge >= 0.3 is 0 Å². The maximum Gasteiger partial charge on any atom is 0.194 e. The summed E-state index contributed by atoms with van der Waals surface area (Å²) >= 11 is 2.22. The topological polar surface area (TPSA) is 30.0 Å². The van der Waals surface area contributed by atoms with Crippen LogP contribution in [0.2, 0.25) is 0 Å². The second-order valence-corrected chi connectivity index (χ2v) is 4.77. The average molecular weight is 323 g/mol. The highest BCUT2D eigenvalue weighted by molar-refractivity contribution is 14.1. The van der Waals surface area contributed by atoms with Gasteiger partial charge in [-0.25, -0.2) is 0 Å². The average Bonchev–Trinajstić information content (AvgIpc) is 2.30. The van der Waals surface area contributed by atoms with Gasteiger partial charge in [0.2, 0.25) is 0 Å². The Morgan fingerprint density at radius 1 is 1.19 bits per heavy atom. The van der Waals surface area contributed by atoms with Gasteiger partial charge in [-0.3, -0.25) is 9.78 Å². The van der Waals surface area contributed by atoms with Crippen LogP contribution in [0.4, 0.5) is 0 Å². The largest absolute Gasteiger partial charge is 0.289 e. The predicted octanol–water partition coefficient (Wildman–Crippen LogP) is 3.23. The van der Waals surface area contributed by atoms with Gasteiger partial charge in [-0.1, -0.05) is 0 Å². The summed E-state index contributed by atoms with van der Waals surface area (Å²) in [5.41, 5.74) is 2.33. The van der Waals surface area contributed by atoms with Gasteiger partial charge in [0.1, 0.15) is 0 Å². The number of hydrogen-bond donors (Lipinski definition) is 0. The fourth-order valence-electron chi connectivity index (χ4n) is 1.46. The van der Waals surface area contributed by atoms with E-state index in [-0.39, 0.29) is 5.78 Å². The molecule has 0 unspecified atom stereocenters. The zero-order chi connectivity index (χ0) is 11.5. The van der Waals surface area contributed by atoms with E-state index < -0.39 is 0 Å². The van der Waals surface area contributed by atoms with Gasteiger partial charge in [0.25, 0.3) is 0 Å². The third kappa shape index (κ3) is 2.29.